The van der Waals surface area contributed by atoms with Gasteiger partial charge in [0.05, 0.1) is 5.92 Å². The van der Waals surface area contributed by atoms with Gasteiger partial charge in [0, 0.05) is 10.6 Å². The molecule has 23 heavy (non-hydrogen) atoms. The van der Waals surface area contributed by atoms with E-state index < -0.39 is 8.15 Å². The van der Waals surface area contributed by atoms with Crippen molar-refractivity contribution in [3.8, 4) is 0 Å². The number of carbonyl (C=O) groups is 1. The maximum Gasteiger partial charge on any atom is 0.312 e. The van der Waals surface area contributed by atoms with E-state index in [1.807, 2.05) is 60.7 Å². The van der Waals surface area contributed by atoms with E-state index in [1.165, 1.54) is 0 Å². The summed E-state index contributed by atoms with van der Waals surface area (Å²) in [7, 11) is -1.09. The highest BCUT2D eigenvalue weighted by molar-refractivity contribution is 7.69. The van der Waals surface area contributed by atoms with Gasteiger partial charge in [-0.1, -0.05) is 72.8 Å². The lowest BCUT2D eigenvalue weighted by Crippen LogP contribution is -2.24. The lowest BCUT2D eigenvalue weighted by atomic mass is 9.94. The van der Waals surface area contributed by atoms with Crippen LogP contribution in [0.15, 0.2) is 72.8 Å². The third-order valence-corrected chi connectivity index (χ3v) is 6.64. The monoisotopic (exact) mass is 322 g/mol. The van der Waals surface area contributed by atoms with Crippen molar-refractivity contribution in [3.05, 3.63) is 72.8 Å². The fourth-order valence-corrected chi connectivity index (χ4v) is 5.30. The van der Waals surface area contributed by atoms with Gasteiger partial charge in [-0.15, -0.1) is 0 Å². The highest BCUT2D eigenvalue weighted by Gasteiger charge is 2.41. The Morgan fingerprint density at radius 1 is 0.870 bits per heavy atom. The van der Waals surface area contributed by atoms with Crippen LogP contribution in [0.2, 0.25) is 0 Å². The van der Waals surface area contributed by atoms with Crippen molar-refractivity contribution in [2.24, 2.45) is 17.8 Å². The molecule has 0 aromatic heterocycles. The summed E-state index contributed by atoms with van der Waals surface area (Å²) in [4.78, 5) is 12.8. The van der Waals surface area contributed by atoms with Crippen LogP contribution in [0.5, 0.6) is 0 Å². The zero-order valence-electron chi connectivity index (χ0n) is 12.8. The topological polar surface area (TPSA) is 26.3 Å². The van der Waals surface area contributed by atoms with Crippen LogP contribution >= 0.6 is 8.15 Å². The average Bonchev–Trinajstić information content (AvgIpc) is 3.24. The maximum absolute atomic E-state index is 12.8. The molecule has 0 N–H and O–H groups in total. The van der Waals surface area contributed by atoms with Crippen molar-refractivity contribution in [3.63, 3.8) is 0 Å². The lowest BCUT2D eigenvalue weighted by molar-refractivity contribution is -0.138. The number of hydrogen-bond acceptors (Lipinski definition) is 2. The molecule has 2 aliphatic rings. The number of benzene rings is 2. The fourth-order valence-electron chi connectivity index (χ4n) is 3.59. The maximum atomic E-state index is 12.8. The molecule has 0 amide bonds. The third-order valence-electron chi connectivity index (χ3n) is 4.74. The Balaban J connectivity index is 1.59. The van der Waals surface area contributed by atoms with Gasteiger partial charge in [0.1, 0.15) is 0 Å². The van der Waals surface area contributed by atoms with Gasteiger partial charge in [0.15, 0.2) is 8.15 Å². The van der Waals surface area contributed by atoms with E-state index in [-0.39, 0.29) is 11.9 Å². The minimum Gasteiger partial charge on any atom is -0.435 e. The van der Waals surface area contributed by atoms with Crippen LogP contribution in [0.4, 0.5) is 0 Å². The van der Waals surface area contributed by atoms with E-state index in [2.05, 4.69) is 12.2 Å². The van der Waals surface area contributed by atoms with E-state index in [4.69, 9.17) is 4.52 Å². The van der Waals surface area contributed by atoms with Crippen molar-refractivity contribution in [1.82, 2.24) is 0 Å². The van der Waals surface area contributed by atoms with Gasteiger partial charge in [-0.05, 0) is 24.7 Å². The fraction of sp³-hybridized carbons (Fsp3) is 0.250. The van der Waals surface area contributed by atoms with Gasteiger partial charge in [-0.3, -0.25) is 4.79 Å². The van der Waals surface area contributed by atoms with E-state index >= 15 is 0 Å². The molecule has 0 spiro atoms. The first-order valence-corrected chi connectivity index (χ1v) is 9.37. The number of hydrogen-bond donors (Lipinski definition) is 0. The lowest BCUT2D eigenvalue weighted by Gasteiger charge is -2.22. The summed E-state index contributed by atoms with van der Waals surface area (Å²) in [6.07, 6.45) is 6.53. The summed E-state index contributed by atoms with van der Waals surface area (Å²) in [6, 6.07) is 20.2. The van der Waals surface area contributed by atoms with Gasteiger partial charge < -0.3 is 4.52 Å². The number of allylic oxidation sites excluding steroid dienone is 2. The summed E-state index contributed by atoms with van der Waals surface area (Å²) < 4.78 is 6.05. The molecule has 1 saturated carbocycles. The predicted octanol–water partition coefficient (Wildman–Crippen LogP) is 3.79. The van der Waals surface area contributed by atoms with Crippen LogP contribution in [0.1, 0.15) is 12.8 Å². The zero-order valence-corrected chi connectivity index (χ0v) is 13.7. The molecule has 0 radical (unpaired) electrons. The third kappa shape index (κ3) is 2.96. The first-order valence-electron chi connectivity index (χ1n) is 8.11. The Morgan fingerprint density at radius 2 is 1.48 bits per heavy atom. The summed E-state index contributed by atoms with van der Waals surface area (Å²) in [5.41, 5.74) is 0. The molecule has 3 atom stereocenters. The molecular formula is C20H19O2P. The Morgan fingerprint density at radius 3 is 1.96 bits per heavy atom. The summed E-state index contributed by atoms with van der Waals surface area (Å²) >= 11 is 0. The first kappa shape index (κ1) is 14.7. The Bertz CT molecular complexity index is 671. The molecule has 2 aromatic carbocycles. The van der Waals surface area contributed by atoms with Crippen LogP contribution in [-0.2, 0) is 9.32 Å². The zero-order chi connectivity index (χ0) is 15.6. The minimum absolute atomic E-state index is 0.0272. The van der Waals surface area contributed by atoms with Gasteiger partial charge in [0.25, 0.3) is 0 Å². The SMILES string of the molecule is O=C(OP(c1ccccc1)c1ccccc1)C1CC2C=CC1C2. The van der Waals surface area contributed by atoms with Gasteiger partial charge in [-0.2, -0.15) is 0 Å². The molecule has 2 aliphatic carbocycles. The van der Waals surface area contributed by atoms with Gasteiger partial charge >= 0.3 is 5.97 Å². The number of rotatable bonds is 4. The predicted molar refractivity (Wildman–Crippen MR) is 94.0 cm³/mol. The number of carbonyl (C=O) groups excluding carboxylic acids is 1. The minimum atomic E-state index is -1.09. The molecule has 0 aliphatic heterocycles. The summed E-state index contributed by atoms with van der Waals surface area (Å²) in [6.45, 7) is 0. The standard InChI is InChI=1S/C20H19O2P/c21-20(19-14-15-11-12-16(19)13-15)22-23(17-7-3-1-4-8-17)18-9-5-2-6-10-18/h1-12,15-16,19H,13-14H2. The molecule has 1 fully saturated rings. The van der Waals surface area contributed by atoms with E-state index in [1.54, 1.807) is 0 Å². The van der Waals surface area contributed by atoms with Gasteiger partial charge in [0.2, 0.25) is 0 Å². The van der Waals surface area contributed by atoms with Crippen LogP contribution in [0, 0.1) is 17.8 Å². The Hall–Kier alpha value is -1.92. The molecule has 0 saturated heterocycles. The molecule has 2 bridgehead atoms. The van der Waals surface area contributed by atoms with Crippen molar-refractivity contribution in [1.29, 1.82) is 0 Å². The first-order chi connectivity index (χ1) is 11.3. The average molecular weight is 322 g/mol. The second kappa shape index (κ2) is 6.29. The smallest absolute Gasteiger partial charge is 0.312 e. The molecule has 2 nitrogen and oxygen atoms in total. The largest absolute Gasteiger partial charge is 0.435 e. The second-order valence-electron chi connectivity index (χ2n) is 6.26. The molecule has 3 unspecified atom stereocenters. The van der Waals surface area contributed by atoms with E-state index in [0.29, 0.717) is 11.8 Å². The van der Waals surface area contributed by atoms with E-state index in [0.717, 1.165) is 23.5 Å². The Labute approximate surface area is 138 Å². The van der Waals surface area contributed by atoms with Crippen molar-refractivity contribution < 1.29 is 9.32 Å². The van der Waals surface area contributed by atoms with Crippen molar-refractivity contribution >= 4 is 24.7 Å². The molecule has 116 valence electrons. The van der Waals surface area contributed by atoms with Crippen LogP contribution in [0.25, 0.3) is 0 Å². The molecule has 4 rings (SSSR count). The molecular weight excluding hydrogens is 303 g/mol. The summed E-state index contributed by atoms with van der Waals surface area (Å²) in [5.74, 6) is 0.983. The van der Waals surface area contributed by atoms with Crippen LogP contribution in [-0.4, -0.2) is 5.97 Å². The Kier molecular flexibility index (Phi) is 4.01. The highest BCUT2D eigenvalue weighted by Crippen LogP contribution is 2.46. The second-order valence-corrected chi connectivity index (χ2v) is 8.07. The van der Waals surface area contributed by atoms with Crippen LogP contribution in [0.3, 0.4) is 0 Å². The quantitative estimate of drug-likeness (QED) is 0.632. The molecule has 2 aromatic rings. The summed E-state index contributed by atoms with van der Waals surface area (Å²) in [5, 5.41) is 2.17. The van der Waals surface area contributed by atoms with Crippen molar-refractivity contribution in [2.75, 3.05) is 0 Å². The molecule has 0 heterocycles. The van der Waals surface area contributed by atoms with Gasteiger partial charge in [-0.25, -0.2) is 0 Å². The van der Waals surface area contributed by atoms with Crippen LogP contribution < -0.4 is 10.6 Å². The van der Waals surface area contributed by atoms with E-state index in [9.17, 15) is 4.79 Å². The number of fused-ring (bicyclic) bond motifs is 2. The van der Waals surface area contributed by atoms with Crippen molar-refractivity contribution in [2.45, 2.75) is 12.8 Å². The normalized spacial score (nSPS) is 25.0. The highest BCUT2D eigenvalue weighted by atomic mass is 31.1. The molecule has 3 heteroatoms.